The molecule has 0 aliphatic rings. The van der Waals surface area contributed by atoms with Crippen LogP contribution in [0.1, 0.15) is 48.3 Å². The quantitative estimate of drug-likeness (QED) is 0.545. The van der Waals surface area contributed by atoms with Crippen molar-refractivity contribution in [2.75, 3.05) is 6.54 Å². The van der Waals surface area contributed by atoms with Gasteiger partial charge in [0.1, 0.15) is 5.76 Å². The molecular weight excluding hydrogens is 378 g/mol. The highest BCUT2D eigenvalue weighted by atomic mass is 16.4. The molecule has 0 aromatic carbocycles. The molecule has 4 aromatic rings. The van der Waals surface area contributed by atoms with E-state index < -0.39 is 0 Å². The summed E-state index contributed by atoms with van der Waals surface area (Å²) in [6.07, 6.45) is 5.99. The fourth-order valence-corrected chi connectivity index (χ4v) is 3.20. The van der Waals surface area contributed by atoms with Crippen LogP contribution in [0.25, 0.3) is 16.9 Å². The van der Waals surface area contributed by atoms with Gasteiger partial charge in [-0.15, -0.1) is 0 Å². The summed E-state index contributed by atoms with van der Waals surface area (Å²) in [5, 5.41) is 7.46. The lowest BCUT2D eigenvalue weighted by atomic mass is 9.93. The Morgan fingerprint density at radius 3 is 2.63 bits per heavy atom. The van der Waals surface area contributed by atoms with E-state index in [9.17, 15) is 4.79 Å². The lowest BCUT2D eigenvalue weighted by molar-refractivity contribution is 0.0922. The number of hydrogen-bond donors (Lipinski definition) is 1. The van der Waals surface area contributed by atoms with Gasteiger partial charge < -0.3 is 9.73 Å². The molecule has 0 aliphatic heterocycles. The fourth-order valence-electron chi connectivity index (χ4n) is 3.20. The van der Waals surface area contributed by atoms with Crippen molar-refractivity contribution in [3.05, 3.63) is 71.7 Å². The van der Waals surface area contributed by atoms with Gasteiger partial charge in [0.2, 0.25) is 0 Å². The minimum Gasteiger partial charge on any atom is -0.455 e. The SMILES string of the molecule is Cc1cc(C(C)(C)C)oc1C(=O)NCCc1cc2nc(-c3ccncc3)ccn2n1. The second-order valence-electron chi connectivity index (χ2n) is 8.37. The van der Waals surface area contributed by atoms with Crippen LogP contribution in [0.3, 0.4) is 0 Å². The van der Waals surface area contributed by atoms with Gasteiger partial charge >= 0.3 is 0 Å². The highest BCUT2D eigenvalue weighted by Crippen LogP contribution is 2.27. The van der Waals surface area contributed by atoms with Crippen LogP contribution in [0.2, 0.25) is 0 Å². The van der Waals surface area contributed by atoms with Crippen molar-refractivity contribution in [2.45, 2.75) is 39.5 Å². The van der Waals surface area contributed by atoms with Crippen LogP contribution in [0.5, 0.6) is 0 Å². The van der Waals surface area contributed by atoms with Gasteiger partial charge in [0.15, 0.2) is 11.4 Å². The van der Waals surface area contributed by atoms with Crippen LogP contribution in [0.15, 0.2) is 53.3 Å². The number of aryl methyl sites for hydroxylation is 1. The first-order chi connectivity index (χ1) is 14.3. The smallest absolute Gasteiger partial charge is 0.287 e. The highest BCUT2D eigenvalue weighted by molar-refractivity contribution is 5.92. The Labute approximate surface area is 175 Å². The Morgan fingerprint density at radius 1 is 1.17 bits per heavy atom. The third-order valence-electron chi connectivity index (χ3n) is 4.88. The van der Waals surface area contributed by atoms with Gasteiger partial charge in [0.25, 0.3) is 5.91 Å². The number of nitrogens with zero attached hydrogens (tertiary/aromatic N) is 4. The Bertz CT molecular complexity index is 1190. The van der Waals surface area contributed by atoms with Crippen molar-refractivity contribution in [3.8, 4) is 11.3 Å². The minimum absolute atomic E-state index is 0.137. The first-order valence-electron chi connectivity index (χ1n) is 9.96. The van der Waals surface area contributed by atoms with Crippen molar-refractivity contribution in [3.63, 3.8) is 0 Å². The molecule has 0 spiro atoms. The molecule has 1 amide bonds. The highest BCUT2D eigenvalue weighted by Gasteiger charge is 2.23. The zero-order valence-electron chi connectivity index (χ0n) is 17.6. The molecule has 30 heavy (non-hydrogen) atoms. The number of carbonyl (C=O) groups excluding carboxylic acids is 1. The molecule has 0 saturated carbocycles. The van der Waals surface area contributed by atoms with Crippen LogP contribution >= 0.6 is 0 Å². The molecular formula is C23H25N5O2. The third-order valence-corrected chi connectivity index (χ3v) is 4.88. The van der Waals surface area contributed by atoms with E-state index in [-0.39, 0.29) is 11.3 Å². The second kappa shape index (κ2) is 7.74. The predicted molar refractivity (Wildman–Crippen MR) is 114 cm³/mol. The fraction of sp³-hybridized carbons (Fsp3) is 0.304. The number of aromatic nitrogens is 4. The number of hydrogen-bond acceptors (Lipinski definition) is 5. The van der Waals surface area contributed by atoms with Gasteiger partial charge in [-0.25, -0.2) is 9.50 Å². The maximum Gasteiger partial charge on any atom is 0.287 e. The molecule has 1 N–H and O–H groups in total. The summed E-state index contributed by atoms with van der Waals surface area (Å²) in [5.74, 6) is 0.977. The summed E-state index contributed by atoms with van der Waals surface area (Å²) in [4.78, 5) is 21.2. The number of pyridine rings is 1. The topological polar surface area (TPSA) is 85.3 Å². The zero-order chi connectivity index (χ0) is 21.3. The predicted octanol–water partition coefficient (Wildman–Crippen LogP) is 3.96. The molecule has 0 aliphatic carbocycles. The maximum absolute atomic E-state index is 12.5. The summed E-state index contributed by atoms with van der Waals surface area (Å²) >= 11 is 0. The Balaban J connectivity index is 1.42. The average Bonchev–Trinajstić information content (AvgIpc) is 3.31. The van der Waals surface area contributed by atoms with E-state index in [2.05, 4.69) is 41.2 Å². The van der Waals surface area contributed by atoms with Gasteiger partial charge in [-0.3, -0.25) is 9.78 Å². The molecule has 0 unspecified atom stereocenters. The zero-order valence-corrected chi connectivity index (χ0v) is 17.6. The maximum atomic E-state index is 12.5. The van der Waals surface area contributed by atoms with Gasteiger partial charge in [0, 0.05) is 54.2 Å². The first kappa shape index (κ1) is 19.8. The first-order valence-corrected chi connectivity index (χ1v) is 9.96. The minimum atomic E-state index is -0.204. The van der Waals surface area contributed by atoms with Gasteiger partial charge in [-0.05, 0) is 31.2 Å². The summed E-state index contributed by atoms with van der Waals surface area (Å²) in [6.45, 7) is 8.53. The molecule has 7 nitrogen and oxygen atoms in total. The van der Waals surface area contributed by atoms with E-state index >= 15 is 0 Å². The van der Waals surface area contributed by atoms with E-state index in [1.807, 2.05) is 43.5 Å². The van der Waals surface area contributed by atoms with E-state index in [4.69, 9.17) is 4.42 Å². The van der Waals surface area contributed by atoms with Crippen LogP contribution in [-0.4, -0.2) is 32.0 Å². The van der Waals surface area contributed by atoms with E-state index in [1.54, 1.807) is 16.9 Å². The van der Waals surface area contributed by atoms with Gasteiger partial charge in [0.05, 0.1) is 11.4 Å². The van der Waals surface area contributed by atoms with Crippen molar-refractivity contribution >= 4 is 11.6 Å². The molecule has 154 valence electrons. The largest absolute Gasteiger partial charge is 0.455 e. The normalized spacial score (nSPS) is 11.7. The van der Waals surface area contributed by atoms with Gasteiger partial charge in [-0.1, -0.05) is 20.8 Å². The molecule has 0 saturated heterocycles. The van der Waals surface area contributed by atoms with Crippen molar-refractivity contribution < 1.29 is 9.21 Å². The van der Waals surface area contributed by atoms with E-state index in [1.165, 1.54) is 0 Å². The second-order valence-corrected chi connectivity index (χ2v) is 8.37. The van der Waals surface area contributed by atoms with Crippen LogP contribution in [0.4, 0.5) is 0 Å². The number of rotatable bonds is 5. The summed E-state index contributed by atoms with van der Waals surface area (Å²) in [5.41, 5.74) is 4.21. The molecule has 0 bridgehead atoms. The average molecular weight is 403 g/mol. The molecule has 4 aromatic heterocycles. The Hall–Kier alpha value is -3.48. The standard InChI is InChI=1S/C23H25N5O2/c1-15-13-19(23(2,3)4)30-21(15)22(29)25-11-7-17-14-20-26-18(8-12-28(20)27-17)16-5-9-24-10-6-16/h5-6,8-10,12-14H,7,11H2,1-4H3,(H,25,29). The molecule has 4 rings (SSSR count). The Morgan fingerprint density at radius 2 is 1.93 bits per heavy atom. The third kappa shape index (κ3) is 4.10. The van der Waals surface area contributed by atoms with Crippen LogP contribution in [0, 0.1) is 6.92 Å². The number of amides is 1. The molecule has 0 atom stereocenters. The Kier molecular flexibility index (Phi) is 5.11. The lowest BCUT2D eigenvalue weighted by Gasteiger charge is -2.13. The molecule has 0 radical (unpaired) electrons. The number of nitrogens with one attached hydrogen (secondary N) is 1. The van der Waals surface area contributed by atoms with Crippen molar-refractivity contribution in [1.29, 1.82) is 0 Å². The van der Waals surface area contributed by atoms with Crippen LogP contribution < -0.4 is 5.32 Å². The van der Waals surface area contributed by atoms with Crippen molar-refractivity contribution in [1.82, 2.24) is 24.9 Å². The van der Waals surface area contributed by atoms with E-state index in [0.717, 1.165) is 33.9 Å². The molecule has 0 fully saturated rings. The monoisotopic (exact) mass is 403 g/mol. The molecule has 4 heterocycles. The number of fused-ring (bicyclic) bond motifs is 1. The molecule has 7 heteroatoms. The van der Waals surface area contributed by atoms with Gasteiger partial charge in [-0.2, -0.15) is 5.10 Å². The lowest BCUT2D eigenvalue weighted by Crippen LogP contribution is -2.26. The summed E-state index contributed by atoms with van der Waals surface area (Å²) in [6, 6.07) is 9.64. The summed E-state index contributed by atoms with van der Waals surface area (Å²) in [7, 11) is 0. The van der Waals surface area contributed by atoms with Crippen molar-refractivity contribution in [2.24, 2.45) is 0 Å². The number of carbonyl (C=O) groups is 1. The van der Waals surface area contributed by atoms with Crippen LogP contribution in [-0.2, 0) is 11.8 Å². The van der Waals surface area contributed by atoms with E-state index in [0.29, 0.717) is 18.7 Å². The number of furan rings is 1. The summed E-state index contributed by atoms with van der Waals surface area (Å²) < 4.78 is 7.54.